The molecule has 0 atom stereocenters. The van der Waals surface area contributed by atoms with E-state index in [0.717, 1.165) is 16.8 Å². The fraction of sp³-hybridized carbons (Fsp3) is 0.300. The van der Waals surface area contributed by atoms with Crippen LogP contribution in [0.5, 0.6) is 0 Å². The first kappa shape index (κ1) is 21.6. The fourth-order valence-corrected chi connectivity index (χ4v) is 4.97. The first-order chi connectivity index (χ1) is 13.8. The number of amides is 2. The van der Waals surface area contributed by atoms with Gasteiger partial charge in [0, 0.05) is 19.4 Å². The largest absolute Gasteiger partial charge is 0.383 e. The van der Waals surface area contributed by atoms with Crippen LogP contribution in [0.3, 0.4) is 0 Å². The molecule has 2 amide bonds. The lowest BCUT2D eigenvalue weighted by atomic mass is 10.1. The number of benzene rings is 1. The molecule has 0 N–H and O–H groups in total. The minimum absolute atomic E-state index is 0.120. The molecule has 0 saturated carbocycles. The zero-order valence-corrected chi connectivity index (χ0v) is 19.0. The van der Waals surface area contributed by atoms with Gasteiger partial charge in [0.1, 0.15) is 4.32 Å². The van der Waals surface area contributed by atoms with Crippen molar-refractivity contribution in [2.45, 2.75) is 20.8 Å². The van der Waals surface area contributed by atoms with E-state index in [1.807, 2.05) is 37.4 Å². The van der Waals surface area contributed by atoms with Gasteiger partial charge in [0.25, 0.3) is 5.91 Å². The van der Waals surface area contributed by atoms with Gasteiger partial charge in [-0.05, 0) is 37.1 Å². The van der Waals surface area contributed by atoms with E-state index in [2.05, 4.69) is 4.98 Å². The molecule has 0 aliphatic carbocycles. The van der Waals surface area contributed by atoms with E-state index in [0.29, 0.717) is 33.2 Å². The monoisotopic (exact) mass is 447 g/mol. The SMILES string of the molecule is COCCN1C(=O)/C(=C/c2csc(N(C(C)=O)c3cccc(C)c3C)n2)SC1=S. The average Bonchev–Trinajstić information content (AvgIpc) is 3.22. The highest BCUT2D eigenvalue weighted by molar-refractivity contribution is 8.26. The molecule has 29 heavy (non-hydrogen) atoms. The van der Waals surface area contributed by atoms with Crippen molar-refractivity contribution in [2.24, 2.45) is 0 Å². The molecule has 1 aromatic heterocycles. The number of thioether (sulfide) groups is 1. The number of hydrogen-bond acceptors (Lipinski definition) is 7. The van der Waals surface area contributed by atoms with Gasteiger partial charge in [-0.15, -0.1) is 11.3 Å². The van der Waals surface area contributed by atoms with Crippen LogP contribution in [0.2, 0.25) is 0 Å². The standard InChI is InChI=1S/C20H21N3O3S3/c1-12-6-5-7-16(13(12)2)23(14(3)24)19-21-15(11-28-19)10-17-18(25)22(8-9-26-4)20(27)29-17/h5-7,10-11H,8-9H2,1-4H3/b17-10-. The van der Waals surface area contributed by atoms with Crippen molar-refractivity contribution in [3.8, 4) is 0 Å². The summed E-state index contributed by atoms with van der Waals surface area (Å²) in [5.74, 6) is -0.268. The predicted octanol–water partition coefficient (Wildman–Crippen LogP) is 4.29. The summed E-state index contributed by atoms with van der Waals surface area (Å²) in [5, 5.41) is 2.39. The molecule has 0 radical (unpaired) electrons. The first-order valence-electron chi connectivity index (χ1n) is 8.90. The van der Waals surface area contributed by atoms with Gasteiger partial charge in [-0.2, -0.15) is 0 Å². The quantitative estimate of drug-likeness (QED) is 0.486. The average molecular weight is 448 g/mol. The van der Waals surface area contributed by atoms with E-state index >= 15 is 0 Å². The second-order valence-electron chi connectivity index (χ2n) is 6.45. The Labute approximate surface area is 183 Å². The fourth-order valence-electron chi connectivity index (χ4n) is 2.84. The molecule has 152 valence electrons. The Hall–Kier alpha value is -2.07. The number of aryl methyl sites for hydroxylation is 1. The van der Waals surface area contributed by atoms with Gasteiger partial charge < -0.3 is 4.74 Å². The molecule has 1 aromatic carbocycles. The second kappa shape index (κ2) is 9.17. The van der Waals surface area contributed by atoms with Gasteiger partial charge in [0.05, 0.1) is 29.4 Å². The molecule has 1 aliphatic heterocycles. The summed E-state index contributed by atoms with van der Waals surface area (Å²) in [7, 11) is 1.58. The summed E-state index contributed by atoms with van der Waals surface area (Å²) in [6.45, 7) is 6.36. The number of hydrogen-bond donors (Lipinski definition) is 0. The van der Waals surface area contributed by atoms with Crippen LogP contribution in [0.25, 0.3) is 6.08 Å². The van der Waals surface area contributed by atoms with E-state index in [1.165, 1.54) is 34.9 Å². The number of carbonyl (C=O) groups is 2. The lowest BCUT2D eigenvalue weighted by Gasteiger charge is -2.21. The third-order valence-corrected chi connectivity index (χ3v) is 6.73. The van der Waals surface area contributed by atoms with Gasteiger partial charge in [-0.25, -0.2) is 4.98 Å². The molecule has 2 aromatic rings. The Bertz CT molecular complexity index is 1000. The van der Waals surface area contributed by atoms with Crippen LogP contribution >= 0.6 is 35.3 Å². The minimum Gasteiger partial charge on any atom is -0.383 e. The Morgan fingerprint density at radius 3 is 2.83 bits per heavy atom. The zero-order valence-electron chi connectivity index (χ0n) is 16.6. The van der Waals surface area contributed by atoms with E-state index in [-0.39, 0.29) is 11.8 Å². The van der Waals surface area contributed by atoms with Crippen LogP contribution in [0, 0.1) is 13.8 Å². The minimum atomic E-state index is -0.149. The van der Waals surface area contributed by atoms with E-state index < -0.39 is 0 Å². The van der Waals surface area contributed by atoms with Crippen molar-refractivity contribution < 1.29 is 14.3 Å². The molecule has 6 nitrogen and oxygen atoms in total. The maximum absolute atomic E-state index is 12.6. The predicted molar refractivity (Wildman–Crippen MR) is 123 cm³/mol. The van der Waals surface area contributed by atoms with Crippen LogP contribution in [0.1, 0.15) is 23.7 Å². The lowest BCUT2D eigenvalue weighted by Crippen LogP contribution is -2.31. The van der Waals surface area contributed by atoms with Crippen LogP contribution in [-0.4, -0.2) is 46.3 Å². The van der Waals surface area contributed by atoms with Crippen molar-refractivity contribution in [1.29, 1.82) is 0 Å². The Morgan fingerprint density at radius 1 is 1.38 bits per heavy atom. The van der Waals surface area contributed by atoms with Crippen molar-refractivity contribution >= 4 is 68.3 Å². The summed E-state index contributed by atoms with van der Waals surface area (Å²) in [4.78, 5) is 33.2. The molecule has 0 spiro atoms. The van der Waals surface area contributed by atoms with Gasteiger partial charge in [-0.3, -0.25) is 19.4 Å². The van der Waals surface area contributed by atoms with Crippen LogP contribution in [0.4, 0.5) is 10.8 Å². The zero-order chi connectivity index (χ0) is 21.1. The van der Waals surface area contributed by atoms with Crippen molar-refractivity contribution in [3.63, 3.8) is 0 Å². The topological polar surface area (TPSA) is 62.7 Å². The highest BCUT2D eigenvalue weighted by Gasteiger charge is 2.32. The maximum atomic E-state index is 12.6. The summed E-state index contributed by atoms with van der Waals surface area (Å²) in [6, 6.07) is 5.84. The van der Waals surface area contributed by atoms with E-state index in [9.17, 15) is 9.59 Å². The first-order valence-corrected chi connectivity index (χ1v) is 11.0. The van der Waals surface area contributed by atoms with Crippen molar-refractivity contribution in [3.05, 3.63) is 45.3 Å². The smallest absolute Gasteiger partial charge is 0.266 e. The lowest BCUT2D eigenvalue weighted by molar-refractivity contribution is -0.122. The molecule has 0 bridgehead atoms. The number of methoxy groups -OCH3 is 1. The number of aromatic nitrogens is 1. The Balaban J connectivity index is 1.89. The summed E-state index contributed by atoms with van der Waals surface area (Å²) >= 11 is 7.90. The highest BCUT2D eigenvalue weighted by atomic mass is 32.2. The summed E-state index contributed by atoms with van der Waals surface area (Å²) in [6.07, 6.45) is 1.72. The third kappa shape index (κ3) is 4.58. The molecular formula is C20H21N3O3S3. The van der Waals surface area contributed by atoms with Crippen molar-refractivity contribution in [1.82, 2.24) is 9.88 Å². The molecule has 3 rings (SSSR count). The molecule has 9 heteroatoms. The molecular weight excluding hydrogens is 426 g/mol. The van der Waals surface area contributed by atoms with Gasteiger partial charge in [-0.1, -0.05) is 36.1 Å². The molecule has 0 unspecified atom stereocenters. The number of carbonyl (C=O) groups excluding carboxylic acids is 2. The Kier molecular flexibility index (Phi) is 6.84. The van der Waals surface area contributed by atoms with Crippen LogP contribution in [0.15, 0.2) is 28.5 Å². The molecule has 1 aliphatic rings. The number of ether oxygens (including phenoxy) is 1. The maximum Gasteiger partial charge on any atom is 0.266 e. The van der Waals surface area contributed by atoms with Gasteiger partial charge in [0.2, 0.25) is 5.91 Å². The molecule has 2 heterocycles. The number of nitrogens with zero attached hydrogens (tertiary/aromatic N) is 3. The van der Waals surface area contributed by atoms with Gasteiger partial charge in [0.15, 0.2) is 5.13 Å². The van der Waals surface area contributed by atoms with E-state index in [4.69, 9.17) is 17.0 Å². The molecule has 1 saturated heterocycles. The van der Waals surface area contributed by atoms with E-state index in [1.54, 1.807) is 18.1 Å². The number of anilines is 2. The number of thiazole rings is 1. The number of rotatable bonds is 6. The number of thiocarbonyl (C=S) groups is 1. The summed E-state index contributed by atoms with van der Waals surface area (Å²) < 4.78 is 5.54. The van der Waals surface area contributed by atoms with Crippen molar-refractivity contribution in [2.75, 3.05) is 25.2 Å². The third-order valence-electron chi connectivity index (χ3n) is 4.50. The highest BCUT2D eigenvalue weighted by Crippen LogP contribution is 2.35. The second-order valence-corrected chi connectivity index (χ2v) is 8.97. The molecule has 1 fully saturated rings. The van der Waals surface area contributed by atoms with Crippen LogP contribution < -0.4 is 4.90 Å². The van der Waals surface area contributed by atoms with Gasteiger partial charge >= 0.3 is 0 Å². The van der Waals surface area contributed by atoms with Crippen LogP contribution in [-0.2, 0) is 14.3 Å². The summed E-state index contributed by atoms with van der Waals surface area (Å²) in [5.41, 5.74) is 3.56. The Morgan fingerprint density at radius 2 is 2.14 bits per heavy atom. The normalized spacial score (nSPS) is 15.4.